The SMILES string of the molecule is Cc1cc(C(O)C(O)C(N)=O)ccc1F. The standard InChI is InChI=1S/C10H12FNO3/c1-5-4-6(2-3-7(5)11)8(13)9(14)10(12)15/h2-4,8-9,13-14H,1H3,(H2,12,15). The summed E-state index contributed by atoms with van der Waals surface area (Å²) >= 11 is 0. The van der Waals surface area contributed by atoms with Gasteiger partial charge in [0.1, 0.15) is 11.9 Å². The van der Waals surface area contributed by atoms with Crippen LogP contribution in [0.5, 0.6) is 0 Å². The molecule has 1 aromatic carbocycles. The molecule has 15 heavy (non-hydrogen) atoms. The summed E-state index contributed by atoms with van der Waals surface area (Å²) in [4.78, 5) is 10.6. The zero-order valence-electron chi connectivity index (χ0n) is 8.14. The first-order valence-electron chi connectivity index (χ1n) is 4.35. The maximum Gasteiger partial charge on any atom is 0.249 e. The molecule has 4 nitrogen and oxygen atoms in total. The second-order valence-corrected chi connectivity index (χ2v) is 3.30. The number of hydrogen-bond acceptors (Lipinski definition) is 3. The number of amides is 1. The van der Waals surface area contributed by atoms with Crippen LogP contribution in [0.4, 0.5) is 4.39 Å². The van der Waals surface area contributed by atoms with Crippen LogP contribution in [0, 0.1) is 12.7 Å². The summed E-state index contributed by atoms with van der Waals surface area (Å²) in [7, 11) is 0. The highest BCUT2D eigenvalue weighted by atomic mass is 19.1. The van der Waals surface area contributed by atoms with Crippen molar-refractivity contribution < 1.29 is 19.4 Å². The van der Waals surface area contributed by atoms with Gasteiger partial charge in [0, 0.05) is 0 Å². The van der Waals surface area contributed by atoms with Gasteiger partial charge in [0.2, 0.25) is 5.91 Å². The lowest BCUT2D eigenvalue weighted by Gasteiger charge is -2.15. The fourth-order valence-corrected chi connectivity index (χ4v) is 1.19. The molecule has 4 N–H and O–H groups in total. The highest BCUT2D eigenvalue weighted by molar-refractivity contribution is 5.79. The summed E-state index contributed by atoms with van der Waals surface area (Å²) in [5.41, 5.74) is 5.39. The van der Waals surface area contributed by atoms with Crippen molar-refractivity contribution in [3.63, 3.8) is 0 Å². The lowest BCUT2D eigenvalue weighted by molar-refractivity contribution is -0.131. The van der Waals surface area contributed by atoms with Crippen molar-refractivity contribution in [1.29, 1.82) is 0 Å². The molecule has 0 saturated heterocycles. The van der Waals surface area contributed by atoms with Crippen LogP contribution in [0.2, 0.25) is 0 Å². The second-order valence-electron chi connectivity index (χ2n) is 3.30. The van der Waals surface area contributed by atoms with Crippen LogP contribution in [-0.4, -0.2) is 22.2 Å². The summed E-state index contributed by atoms with van der Waals surface area (Å²) in [6, 6.07) is 3.80. The van der Waals surface area contributed by atoms with Crippen molar-refractivity contribution in [3.8, 4) is 0 Å². The molecular weight excluding hydrogens is 201 g/mol. The van der Waals surface area contributed by atoms with Crippen molar-refractivity contribution in [1.82, 2.24) is 0 Å². The Morgan fingerprint density at radius 1 is 1.47 bits per heavy atom. The summed E-state index contributed by atoms with van der Waals surface area (Å²) in [6.45, 7) is 1.52. The molecule has 5 heteroatoms. The number of carbonyl (C=O) groups is 1. The average molecular weight is 213 g/mol. The van der Waals surface area contributed by atoms with Crippen LogP contribution >= 0.6 is 0 Å². The van der Waals surface area contributed by atoms with Gasteiger partial charge >= 0.3 is 0 Å². The lowest BCUT2D eigenvalue weighted by atomic mass is 10.0. The van der Waals surface area contributed by atoms with E-state index in [1.807, 2.05) is 0 Å². The Kier molecular flexibility index (Phi) is 3.39. The van der Waals surface area contributed by atoms with Gasteiger partial charge in [-0.25, -0.2) is 4.39 Å². The smallest absolute Gasteiger partial charge is 0.249 e. The van der Waals surface area contributed by atoms with E-state index in [9.17, 15) is 19.4 Å². The minimum Gasteiger partial charge on any atom is -0.385 e. The summed E-state index contributed by atoms with van der Waals surface area (Å²) in [5, 5.41) is 18.7. The van der Waals surface area contributed by atoms with Crippen molar-refractivity contribution in [2.45, 2.75) is 19.1 Å². The number of halogens is 1. The fourth-order valence-electron chi connectivity index (χ4n) is 1.19. The number of aliphatic hydroxyl groups excluding tert-OH is 2. The third kappa shape index (κ3) is 2.51. The molecule has 82 valence electrons. The van der Waals surface area contributed by atoms with Gasteiger partial charge in [-0.3, -0.25) is 4.79 Å². The molecule has 2 unspecified atom stereocenters. The molecule has 1 aromatic rings. The molecule has 0 fully saturated rings. The average Bonchev–Trinajstić information content (AvgIpc) is 2.19. The number of nitrogens with two attached hydrogens (primary N) is 1. The molecular formula is C10H12FNO3. The predicted molar refractivity (Wildman–Crippen MR) is 51.3 cm³/mol. The highest BCUT2D eigenvalue weighted by Gasteiger charge is 2.23. The second kappa shape index (κ2) is 4.37. The zero-order chi connectivity index (χ0) is 11.6. The third-order valence-electron chi connectivity index (χ3n) is 2.11. The maximum atomic E-state index is 12.9. The Hall–Kier alpha value is -1.46. The van der Waals surface area contributed by atoms with E-state index in [0.717, 1.165) is 6.07 Å². The van der Waals surface area contributed by atoms with Crippen molar-refractivity contribution >= 4 is 5.91 Å². The monoisotopic (exact) mass is 213 g/mol. The molecule has 0 aliphatic rings. The van der Waals surface area contributed by atoms with Crippen LogP contribution in [0.1, 0.15) is 17.2 Å². The van der Waals surface area contributed by atoms with E-state index < -0.39 is 23.9 Å². The molecule has 0 radical (unpaired) electrons. The van der Waals surface area contributed by atoms with Crippen LogP contribution in [0.15, 0.2) is 18.2 Å². The van der Waals surface area contributed by atoms with E-state index in [1.165, 1.54) is 19.1 Å². The zero-order valence-corrected chi connectivity index (χ0v) is 8.14. The number of hydrogen-bond donors (Lipinski definition) is 3. The Bertz CT molecular complexity index is 381. The molecule has 0 spiro atoms. The van der Waals surface area contributed by atoms with Crippen molar-refractivity contribution in [3.05, 3.63) is 35.1 Å². The van der Waals surface area contributed by atoms with Crippen LogP contribution in [-0.2, 0) is 4.79 Å². The largest absolute Gasteiger partial charge is 0.385 e. The lowest BCUT2D eigenvalue weighted by Crippen LogP contribution is -2.33. The van der Waals surface area contributed by atoms with Crippen LogP contribution in [0.3, 0.4) is 0 Å². The first kappa shape index (κ1) is 11.6. The maximum absolute atomic E-state index is 12.9. The van der Waals surface area contributed by atoms with Gasteiger partial charge < -0.3 is 15.9 Å². The molecule has 0 saturated carbocycles. The topological polar surface area (TPSA) is 83.6 Å². The molecule has 0 aliphatic heterocycles. The predicted octanol–water partition coefficient (Wildman–Crippen LogP) is 0.0137. The van der Waals surface area contributed by atoms with Gasteiger partial charge in [-0.15, -0.1) is 0 Å². The van der Waals surface area contributed by atoms with Gasteiger partial charge in [0.15, 0.2) is 6.10 Å². The minimum atomic E-state index is -1.69. The molecule has 2 atom stereocenters. The van der Waals surface area contributed by atoms with E-state index in [0.29, 0.717) is 5.56 Å². The van der Waals surface area contributed by atoms with Crippen molar-refractivity contribution in [2.24, 2.45) is 5.73 Å². The Morgan fingerprint density at radius 3 is 2.53 bits per heavy atom. The van der Waals surface area contributed by atoms with Gasteiger partial charge in [0.05, 0.1) is 0 Å². The summed E-state index contributed by atoms with van der Waals surface area (Å²) < 4.78 is 12.9. The van der Waals surface area contributed by atoms with Gasteiger partial charge in [-0.05, 0) is 24.1 Å². The van der Waals surface area contributed by atoms with Gasteiger partial charge in [-0.2, -0.15) is 0 Å². The number of benzene rings is 1. The van der Waals surface area contributed by atoms with Crippen LogP contribution in [0.25, 0.3) is 0 Å². The molecule has 1 rings (SSSR count). The van der Waals surface area contributed by atoms with E-state index in [4.69, 9.17) is 5.73 Å². The first-order valence-corrected chi connectivity index (χ1v) is 4.35. The number of carbonyl (C=O) groups excluding carboxylic acids is 1. The van der Waals surface area contributed by atoms with E-state index in [1.54, 1.807) is 0 Å². The van der Waals surface area contributed by atoms with Gasteiger partial charge in [-0.1, -0.05) is 12.1 Å². The van der Waals surface area contributed by atoms with Crippen LogP contribution < -0.4 is 5.73 Å². The quantitative estimate of drug-likeness (QED) is 0.661. The minimum absolute atomic E-state index is 0.250. The Morgan fingerprint density at radius 2 is 2.07 bits per heavy atom. The number of rotatable bonds is 3. The van der Waals surface area contributed by atoms with E-state index in [-0.39, 0.29) is 5.56 Å². The third-order valence-corrected chi connectivity index (χ3v) is 2.11. The molecule has 0 aromatic heterocycles. The summed E-state index contributed by atoms with van der Waals surface area (Å²) in [6.07, 6.45) is -3.11. The molecule has 0 aliphatic carbocycles. The number of primary amides is 1. The number of aryl methyl sites for hydroxylation is 1. The van der Waals surface area contributed by atoms with E-state index in [2.05, 4.69) is 0 Å². The normalized spacial score (nSPS) is 14.7. The Balaban J connectivity index is 2.96. The fraction of sp³-hybridized carbons (Fsp3) is 0.300. The first-order chi connectivity index (χ1) is 6.93. The van der Waals surface area contributed by atoms with Crippen molar-refractivity contribution in [2.75, 3.05) is 0 Å². The Labute approximate surface area is 86.1 Å². The summed E-state index contributed by atoms with van der Waals surface area (Å²) in [5.74, 6) is -1.44. The molecule has 0 heterocycles. The molecule has 0 bridgehead atoms. The highest BCUT2D eigenvalue weighted by Crippen LogP contribution is 2.19. The molecule has 1 amide bonds. The number of aliphatic hydroxyl groups is 2. The van der Waals surface area contributed by atoms with Gasteiger partial charge in [0.25, 0.3) is 0 Å². The van der Waals surface area contributed by atoms with E-state index >= 15 is 0 Å².